The summed E-state index contributed by atoms with van der Waals surface area (Å²) in [5.74, 6) is -0.206. The van der Waals surface area contributed by atoms with Crippen molar-refractivity contribution in [1.82, 2.24) is 4.90 Å². The molecule has 1 amide bonds. The highest BCUT2D eigenvalue weighted by Gasteiger charge is 2.22. The van der Waals surface area contributed by atoms with Gasteiger partial charge >= 0.3 is 5.97 Å². The van der Waals surface area contributed by atoms with Gasteiger partial charge in [0.1, 0.15) is 6.04 Å². The fourth-order valence-corrected chi connectivity index (χ4v) is 2.97. The predicted octanol–water partition coefficient (Wildman–Crippen LogP) is 0.923. The smallest absolute Gasteiger partial charge is 0.320 e. The first-order valence-corrected chi connectivity index (χ1v) is 7.46. The van der Waals surface area contributed by atoms with Gasteiger partial charge in [0.15, 0.2) is 0 Å². The summed E-state index contributed by atoms with van der Waals surface area (Å²) in [7, 11) is 0. The molecule has 0 radical (unpaired) electrons. The number of carbonyl (C=O) groups is 2. The molecular weight excluding hydrogens is 252 g/mol. The Morgan fingerprint density at radius 2 is 1.94 bits per heavy atom. The molecule has 3 N–H and O–H groups in total. The van der Waals surface area contributed by atoms with Crippen LogP contribution in [-0.2, 0) is 9.59 Å². The van der Waals surface area contributed by atoms with Crippen LogP contribution in [0.5, 0.6) is 0 Å². The molecule has 104 valence electrons. The fourth-order valence-electron chi connectivity index (χ4n) is 1.94. The lowest BCUT2D eigenvalue weighted by Crippen LogP contribution is -2.40. The van der Waals surface area contributed by atoms with Crippen LogP contribution in [0.1, 0.15) is 32.6 Å². The molecule has 5 nitrogen and oxygen atoms in total. The second-order valence-corrected chi connectivity index (χ2v) is 6.08. The molecule has 0 aromatic rings. The topological polar surface area (TPSA) is 83.6 Å². The summed E-state index contributed by atoms with van der Waals surface area (Å²) in [6.07, 6.45) is 3.79. The minimum Gasteiger partial charge on any atom is -0.480 e. The van der Waals surface area contributed by atoms with Crippen molar-refractivity contribution in [2.45, 2.75) is 43.9 Å². The van der Waals surface area contributed by atoms with Crippen LogP contribution in [0, 0.1) is 0 Å². The lowest BCUT2D eigenvalue weighted by atomic mass is 10.1. The van der Waals surface area contributed by atoms with Gasteiger partial charge in [-0.3, -0.25) is 9.59 Å². The van der Waals surface area contributed by atoms with E-state index in [-0.39, 0.29) is 11.2 Å². The molecule has 1 fully saturated rings. The fraction of sp³-hybridized carbons (Fsp3) is 0.833. The second-order valence-electron chi connectivity index (χ2n) is 4.63. The summed E-state index contributed by atoms with van der Waals surface area (Å²) in [6, 6.07) is -0.824. The maximum absolute atomic E-state index is 12.1. The minimum atomic E-state index is -0.981. The lowest BCUT2D eigenvalue weighted by Gasteiger charge is -2.29. The normalized spacial score (nSPS) is 19.3. The third kappa shape index (κ3) is 4.86. The van der Waals surface area contributed by atoms with Gasteiger partial charge in [-0.2, -0.15) is 0 Å². The number of piperidine rings is 1. The molecule has 0 bridgehead atoms. The minimum absolute atomic E-state index is 0.107. The number of hydrogen-bond acceptors (Lipinski definition) is 4. The molecule has 2 atom stereocenters. The molecule has 0 aromatic carbocycles. The Labute approximate surface area is 112 Å². The molecular formula is C12H22N2O3S. The molecule has 1 aliphatic heterocycles. The van der Waals surface area contributed by atoms with E-state index in [1.54, 1.807) is 0 Å². The first-order chi connectivity index (χ1) is 8.52. The second kappa shape index (κ2) is 7.63. The van der Waals surface area contributed by atoms with Crippen molar-refractivity contribution in [3.05, 3.63) is 0 Å². The third-order valence-electron chi connectivity index (χ3n) is 3.13. The zero-order chi connectivity index (χ0) is 13.5. The highest BCUT2D eigenvalue weighted by atomic mass is 32.2. The largest absolute Gasteiger partial charge is 0.480 e. The standard InChI is InChI=1S/C12H22N2O3S/c1-9(18-8-5-10(13)12(16)17)11(15)14-6-3-2-4-7-14/h9-10H,2-8,13H2,1H3,(H,16,17). The van der Waals surface area contributed by atoms with E-state index < -0.39 is 12.0 Å². The van der Waals surface area contributed by atoms with Gasteiger partial charge in [0, 0.05) is 13.1 Å². The number of nitrogens with zero attached hydrogens (tertiary/aromatic N) is 1. The Kier molecular flexibility index (Phi) is 6.49. The van der Waals surface area contributed by atoms with Crippen LogP contribution in [0.2, 0.25) is 0 Å². The number of carboxylic acid groups (broad SMARTS) is 1. The van der Waals surface area contributed by atoms with Crippen LogP contribution in [-0.4, -0.2) is 52.0 Å². The monoisotopic (exact) mass is 274 g/mol. The zero-order valence-electron chi connectivity index (χ0n) is 10.8. The molecule has 0 spiro atoms. The molecule has 0 aliphatic carbocycles. The summed E-state index contributed by atoms with van der Waals surface area (Å²) >= 11 is 1.49. The number of rotatable bonds is 6. The van der Waals surface area contributed by atoms with Gasteiger partial charge in [0.25, 0.3) is 0 Å². The highest BCUT2D eigenvalue weighted by molar-refractivity contribution is 8.00. The summed E-state index contributed by atoms with van der Waals surface area (Å²) in [5.41, 5.74) is 5.41. The zero-order valence-corrected chi connectivity index (χ0v) is 11.6. The molecule has 2 unspecified atom stereocenters. The van der Waals surface area contributed by atoms with E-state index >= 15 is 0 Å². The Bertz CT molecular complexity index is 293. The predicted molar refractivity (Wildman–Crippen MR) is 72.6 cm³/mol. The van der Waals surface area contributed by atoms with Gasteiger partial charge in [-0.1, -0.05) is 0 Å². The molecule has 1 aliphatic rings. The molecule has 6 heteroatoms. The average Bonchev–Trinajstić information content (AvgIpc) is 2.38. The Morgan fingerprint density at radius 1 is 1.33 bits per heavy atom. The molecule has 1 saturated heterocycles. The van der Waals surface area contributed by atoms with E-state index in [0.717, 1.165) is 25.9 Å². The van der Waals surface area contributed by atoms with Gasteiger partial charge in [0.2, 0.25) is 5.91 Å². The van der Waals surface area contributed by atoms with Crippen molar-refractivity contribution in [2.24, 2.45) is 5.73 Å². The van der Waals surface area contributed by atoms with Crippen LogP contribution in [0.3, 0.4) is 0 Å². The summed E-state index contributed by atoms with van der Waals surface area (Å²) in [5, 5.41) is 8.54. The number of aliphatic carboxylic acids is 1. The van der Waals surface area contributed by atoms with Gasteiger partial charge in [0.05, 0.1) is 5.25 Å². The Balaban J connectivity index is 2.24. The number of carbonyl (C=O) groups excluding carboxylic acids is 1. The van der Waals surface area contributed by atoms with Gasteiger partial charge in [-0.05, 0) is 38.4 Å². The number of carboxylic acids is 1. The van der Waals surface area contributed by atoms with E-state index in [1.807, 2.05) is 11.8 Å². The number of thioether (sulfide) groups is 1. The third-order valence-corrected chi connectivity index (χ3v) is 4.30. The Hall–Kier alpha value is -0.750. The van der Waals surface area contributed by atoms with Gasteiger partial charge in [-0.15, -0.1) is 11.8 Å². The van der Waals surface area contributed by atoms with E-state index in [4.69, 9.17) is 10.8 Å². The van der Waals surface area contributed by atoms with E-state index in [0.29, 0.717) is 12.2 Å². The maximum atomic E-state index is 12.1. The van der Waals surface area contributed by atoms with Crippen molar-refractivity contribution in [2.75, 3.05) is 18.8 Å². The van der Waals surface area contributed by atoms with Crippen molar-refractivity contribution >= 4 is 23.6 Å². The number of hydrogen-bond donors (Lipinski definition) is 2. The number of amides is 1. The molecule has 1 heterocycles. The van der Waals surface area contributed by atoms with Crippen LogP contribution in [0.25, 0.3) is 0 Å². The first kappa shape index (κ1) is 15.3. The van der Waals surface area contributed by atoms with Crippen LogP contribution < -0.4 is 5.73 Å². The lowest BCUT2D eigenvalue weighted by molar-refractivity contribution is -0.138. The van der Waals surface area contributed by atoms with Crippen molar-refractivity contribution < 1.29 is 14.7 Å². The molecule has 1 rings (SSSR count). The van der Waals surface area contributed by atoms with Crippen LogP contribution >= 0.6 is 11.8 Å². The summed E-state index contributed by atoms with van der Waals surface area (Å²) in [4.78, 5) is 24.5. The summed E-state index contributed by atoms with van der Waals surface area (Å²) < 4.78 is 0. The quantitative estimate of drug-likeness (QED) is 0.752. The highest BCUT2D eigenvalue weighted by Crippen LogP contribution is 2.18. The van der Waals surface area contributed by atoms with Crippen molar-refractivity contribution in [3.63, 3.8) is 0 Å². The van der Waals surface area contributed by atoms with Crippen molar-refractivity contribution in [1.29, 1.82) is 0 Å². The summed E-state index contributed by atoms with van der Waals surface area (Å²) in [6.45, 7) is 3.60. The first-order valence-electron chi connectivity index (χ1n) is 6.41. The van der Waals surface area contributed by atoms with E-state index in [1.165, 1.54) is 18.2 Å². The van der Waals surface area contributed by atoms with Crippen LogP contribution in [0.4, 0.5) is 0 Å². The van der Waals surface area contributed by atoms with E-state index in [9.17, 15) is 9.59 Å². The van der Waals surface area contributed by atoms with Gasteiger partial charge in [-0.25, -0.2) is 0 Å². The molecule has 0 aromatic heterocycles. The molecule has 0 saturated carbocycles. The molecule has 18 heavy (non-hydrogen) atoms. The SMILES string of the molecule is CC(SCCC(N)C(=O)O)C(=O)N1CCCCC1. The van der Waals surface area contributed by atoms with E-state index in [2.05, 4.69) is 0 Å². The Morgan fingerprint density at radius 3 is 2.50 bits per heavy atom. The number of nitrogens with two attached hydrogens (primary N) is 1. The van der Waals surface area contributed by atoms with Crippen molar-refractivity contribution in [3.8, 4) is 0 Å². The maximum Gasteiger partial charge on any atom is 0.320 e. The average molecular weight is 274 g/mol. The number of likely N-dealkylation sites (tertiary alicyclic amines) is 1. The van der Waals surface area contributed by atoms with Crippen LogP contribution in [0.15, 0.2) is 0 Å². The van der Waals surface area contributed by atoms with Gasteiger partial charge < -0.3 is 15.7 Å².